The first-order chi connectivity index (χ1) is 52.2. The molecular weight excluding hydrogens is 1280 g/mol. The largest absolute Gasteiger partial charge is 0.295 e. The summed E-state index contributed by atoms with van der Waals surface area (Å²) < 4.78 is 0. The lowest BCUT2D eigenvalue weighted by atomic mass is 9.18. The van der Waals surface area contributed by atoms with Crippen molar-refractivity contribution in [2.75, 3.05) is 0 Å². The average Bonchev–Trinajstić information content (AvgIpc) is 0.774. The highest BCUT2D eigenvalue weighted by Crippen LogP contribution is 2.72. The Morgan fingerprint density at radius 1 is 0.208 bits per heavy atom. The number of fused-ring (bicyclic) bond motifs is 9. The molecule has 594 valence electrons. The highest BCUT2D eigenvalue weighted by molar-refractivity contribution is 6.65. The number of hydrogen-bond donors (Lipinski definition) is 0. The summed E-state index contributed by atoms with van der Waals surface area (Å²) in [4.78, 5) is 11.6. The smallest absolute Gasteiger partial charge is 0.156 e. The second-order valence-electron chi connectivity index (χ2n) is 47.5. The second kappa shape index (κ2) is 31.4. The molecule has 0 amide bonds. The fraction of sp³-hybridized carbons (Fsp3) is 1.00. The van der Waals surface area contributed by atoms with Crippen LogP contribution in [0.1, 0.15) is 412 Å². The number of rotatable bonds is 10. The molecular formula is C102H168BN3. The van der Waals surface area contributed by atoms with Crippen LogP contribution in [0.3, 0.4) is 0 Å². The third-order valence-corrected chi connectivity index (χ3v) is 42.9. The molecule has 0 N–H and O–H groups in total. The van der Waals surface area contributed by atoms with Gasteiger partial charge in [0.2, 0.25) is 0 Å². The highest BCUT2D eigenvalue weighted by atomic mass is 15.3. The van der Waals surface area contributed by atoms with Gasteiger partial charge in [0.15, 0.2) is 6.71 Å². The van der Waals surface area contributed by atoms with E-state index in [4.69, 9.17) is 0 Å². The van der Waals surface area contributed by atoms with E-state index in [0.717, 1.165) is 226 Å². The summed E-state index contributed by atoms with van der Waals surface area (Å²) in [5.74, 6) is 28.7. The summed E-state index contributed by atoms with van der Waals surface area (Å²) in [6.07, 6.45) is 97.3. The zero-order valence-electron chi connectivity index (χ0n) is 69.9. The number of likely N-dealkylation sites (tertiary alicyclic amines) is 1. The fourth-order valence-electron chi connectivity index (χ4n) is 39.4. The predicted molar refractivity (Wildman–Crippen MR) is 445 cm³/mol. The quantitative estimate of drug-likeness (QED) is 0.202. The van der Waals surface area contributed by atoms with Crippen LogP contribution in [-0.4, -0.2) is 75.8 Å². The SMILES string of the molecule is CC(C)(C)C1CC2C3B(C4CC(C5CC6CCCC7C8CCCC9CCCC(C(C5)C67)C98)CCC4N2C2C(C4CCCCC4)CC(C4CCCCC4)CC2C2CCCCC2)C2CCC(N4C5CCCCC5C5CCCCC54)CC2N(C2C(C4CCCCC4)CC(C4CCCCC4)CC2C2CCCCC2)C3C1. The van der Waals surface area contributed by atoms with Crippen molar-refractivity contribution < 1.29 is 0 Å². The van der Waals surface area contributed by atoms with Crippen LogP contribution in [-0.2, 0) is 0 Å². The normalized spacial score (nSPS) is 50.9. The second-order valence-corrected chi connectivity index (χ2v) is 47.5. The first kappa shape index (κ1) is 73.6. The van der Waals surface area contributed by atoms with E-state index in [1.54, 1.807) is 366 Å². The van der Waals surface area contributed by atoms with E-state index in [-0.39, 0.29) is 0 Å². The molecule has 18 saturated carbocycles. The van der Waals surface area contributed by atoms with Gasteiger partial charge >= 0.3 is 0 Å². The van der Waals surface area contributed by atoms with E-state index >= 15 is 0 Å². The molecule has 0 spiro atoms. The summed E-state index contributed by atoms with van der Waals surface area (Å²) in [7, 11) is 0. The van der Waals surface area contributed by atoms with Crippen molar-refractivity contribution in [3.05, 3.63) is 0 Å². The zero-order chi connectivity index (χ0) is 70.3. The standard InChI is InChI=1S/C102H168BN3/c1-102(2,3)77-62-95-99-96(63-77)106(101-86(69-37-18-8-19-38-69)58-76(66-31-12-5-13-32-66)59-87(101)70-39-20-9-21-40-70)94-64-78(104-91-49-24-22-44-79(91)80-45-23-25-50-92(80)104)52-53-89(94)103(99)90-61-72(74-55-73-43-28-47-82-81-46-26-41-71-42-27-48-83(97(71)81)88(60-74)98(73)82)51-54-93(90)105(95)100-84(67-33-14-6-15-34-67)56-75(65-29-10-4-11-30-65)57-85(100)68-35-16-7-17-36-68/h65-101H,4-64H2,1-3H3. The average molecular weight is 1450 g/mol. The Labute approximate surface area is 655 Å². The minimum absolute atomic E-state index is 0.347. The van der Waals surface area contributed by atoms with Crippen molar-refractivity contribution in [2.24, 2.45) is 153 Å². The maximum absolute atomic E-state index is 4.04. The van der Waals surface area contributed by atoms with Crippen molar-refractivity contribution in [2.45, 2.75) is 484 Å². The molecule has 106 heavy (non-hydrogen) atoms. The summed E-state index contributed by atoms with van der Waals surface area (Å²) in [6.45, 7) is 9.62. The Morgan fingerprint density at radius 3 is 1.06 bits per heavy atom. The van der Waals surface area contributed by atoms with Crippen molar-refractivity contribution in [1.29, 1.82) is 0 Å². The lowest BCUT2D eigenvalue weighted by Gasteiger charge is -2.73. The molecule has 0 radical (unpaired) electrons. The van der Waals surface area contributed by atoms with Gasteiger partial charge < -0.3 is 0 Å². The first-order valence-corrected chi connectivity index (χ1v) is 51.6. The van der Waals surface area contributed by atoms with Gasteiger partial charge in [0.25, 0.3) is 0 Å². The topological polar surface area (TPSA) is 9.72 Å². The zero-order valence-corrected chi connectivity index (χ0v) is 69.9. The molecule has 27 unspecified atom stereocenters. The van der Waals surface area contributed by atoms with Crippen LogP contribution in [0.5, 0.6) is 0 Å². The van der Waals surface area contributed by atoms with Gasteiger partial charge in [0.05, 0.1) is 0 Å². The van der Waals surface area contributed by atoms with Crippen LogP contribution in [0.25, 0.3) is 0 Å². The third-order valence-electron chi connectivity index (χ3n) is 42.9. The van der Waals surface area contributed by atoms with E-state index < -0.39 is 0 Å². The van der Waals surface area contributed by atoms with Gasteiger partial charge in [-0.1, -0.05) is 290 Å². The Kier molecular flexibility index (Phi) is 21.8. The van der Waals surface area contributed by atoms with Gasteiger partial charge in [-0.3, -0.25) is 14.7 Å². The molecule has 3 heterocycles. The van der Waals surface area contributed by atoms with E-state index in [0.29, 0.717) is 5.41 Å². The van der Waals surface area contributed by atoms with Gasteiger partial charge in [-0.25, -0.2) is 0 Å². The van der Waals surface area contributed by atoms with Gasteiger partial charge in [0.1, 0.15) is 0 Å². The van der Waals surface area contributed by atoms with Crippen molar-refractivity contribution in [3.8, 4) is 0 Å². The molecule has 0 aromatic carbocycles. The maximum Gasteiger partial charge on any atom is 0.156 e. The highest BCUT2D eigenvalue weighted by Gasteiger charge is 2.71. The molecule has 18 aliphatic carbocycles. The van der Waals surface area contributed by atoms with Crippen molar-refractivity contribution >= 4 is 6.71 Å². The molecule has 0 aromatic rings. The van der Waals surface area contributed by atoms with Gasteiger partial charge in [-0.05, 0) is 293 Å². The van der Waals surface area contributed by atoms with Crippen molar-refractivity contribution in [1.82, 2.24) is 14.7 Å². The van der Waals surface area contributed by atoms with Crippen LogP contribution >= 0.6 is 0 Å². The lowest BCUT2D eigenvalue weighted by Crippen LogP contribution is -2.77. The van der Waals surface area contributed by atoms with Crippen LogP contribution in [0.15, 0.2) is 0 Å². The molecule has 21 aliphatic rings. The monoisotopic (exact) mass is 1450 g/mol. The van der Waals surface area contributed by atoms with Crippen LogP contribution in [0, 0.1) is 153 Å². The summed E-state index contributed by atoms with van der Waals surface area (Å²) >= 11 is 0. The summed E-state index contributed by atoms with van der Waals surface area (Å²) in [5.41, 5.74) is 0.347. The molecule has 21 rings (SSSR count). The van der Waals surface area contributed by atoms with Gasteiger partial charge in [-0.15, -0.1) is 0 Å². The molecule has 4 heteroatoms. The summed E-state index contributed by atoms with van der Waals surface area (Å²) in [5, 5.41) is 0. The predicted octanol–water partition coefficient (Wildman–Crippen LogP) is 27.3. The molecule has 3 nitrogen and oxygen atoms in total. The fourth-order valence-corrected chi connectivity index (χ4v) is 39.4. The van der Waals surface area contributed by atoms with E-state index in [2.05, 4.69) is 35.5 Å². The van der Waals surface area contributed by atoms with Crippen LogP contribution in [0.2, 0.25) is 17.5 Å². The lowest BCUT2D eigenvalue weighted by molar-refractivity contribution is -0.155. The Balaban J connectivity index is 0.738. The molecule has 0 aromatic heterocycles. The van der Waals surface area contributed by atoms with E-state index in [9.17, 15) is 0 Å². The number of hydrogen-bond acceptors (Lipinski definition) is 3. The minimum Gasteiger partial charge on any atom is -0.295 e. The Morgan fingerprint density at radius 2 is 0.585 bits per heavy atom. The molecule has 0 bridgehead atoms. The minimum atomic E-state index is 0.347. The Hall–Kier alpha value is -0.0551. The first-order valence-electron chi connectivity index (χ1n) is 51.6. The Bertz CT molecular complexity index is 2780. The van der Waals surface area contributed by atoms with E-state index in [1.165, 1.54) is 25.7 Å². The van der Waals surface area contributed by atoms with E-state index in [1.807, 2.05) is 0 Å². The van der Waals surface area contributed by atoms with Gasteiger partial charge in [0, 0.05) is 54.4 Å². The third kappa shape index (κ3) is 13.3. The molecule has 21 fully saturated rings. The maximum atomic E-state index is 4.04. The van der Waals surface area contributed by atoms with Crippen LogP contribution < -0.4 is 0 Å². The molecule has 3 aliphatic heterocycles. The van der Waals surface area contributed by atoms with Crippen LogP contribution in [0.4, 0.5) is 0 Å². The molecule has 27 atom stereocenters. The molecule has 3 saturated heterocycles. The number of nitrogens with zero attached hydrogens (tertiary/aromatic N) is 3. The summed E-state index contributed by atoms with van der Waals surface area (Å²) in [6, 6.07) is 7.78. The van der Waals surface area contributed by atoms with Crippen molar-refractivity contribution in [3.63, 3.8) is 0 Å². The van der Waals surface area contributed by atoms with Gasteiger partial charge in [-0.2, -0.15) is 0 Å².